The van der Waals surface area contributed by atoms with Crippen molar-refractivity contribution in [3.8, 4) is 0 Å². The van der Waals surface area contributed by atoms with Crippen molar-refractivity contribution in [2.24, 2.45) is 7.05 Å². The molecule has 1 aromatic heterocycles. The fourth-order valence-electron chi connectivity index (χ4n) is 3.96. The molecule has 1 atom stereocenters. The molecule has 0 aliphatic carbocycles. The molecular weight excluding hydrogens is 385 g/mol. The van der Waals surface area contributed by atoms with E-state index in [2.05, 4.69) is 4.98 Å². The van der Waals surface area contributed by atoms with E-state index in [1.54, 1.807) is 28.6 Å². The molecule has 2 fully saturated rings. The van der Waals surface area contributed by atoms with Crippen LogP contribution in [0.4, 0.5) is 10.1 Å². The minimum Gasteiger partial charge on any atom is -0.339 e. The lowest BCUT2D eigenvalue weighted by Gasteiger charge is -2.46. The Morgan fingerprint density at radius 2 is 2.00 bits per heavy atom. The van der Waals surface area contributed by atoms with Gasteiger partial charge in [0.05, 0.1) is 18.4 Å². The second kappa shape index (κ2) is 6.64. The summed E-state index contributed by atoms with van der Waals surface area (Å²) in [6.45, 7) is 1.05. The summed E-state index contributed by atoms with van der Waals surface area (Å²) in [4.78, 5) is 20.0. The van der Waals surface area contributed by atoms with Crippen LogP contribution in [0.25, 0.3) is 0 Å². The van der Waals surface area contributed by atoms with Gasteiger partial charge in [-0.3, -0.25) is 9.69 Å². The molecule has 1 aromatic carbocycles. The molecule has 8 nitrogen and oxygen atoms in total. The highest BCUT2D eigenvalue weighted by Crippen LogP contribution is 2.35. The number of halogens is 1. The zero-order valence-electron chi connectivity index (χ0n) is 15.7. The molecule has 4 rings (SSSR count). The number of carbonyl (C=O) groups is 1. The van der Waals surface area contributed by atoms with Gasteiger partial charge in [-0.15, -0.1) is 0 Å². The Balaban J connectivity index is 1.61. The summed E-state index contributed by atoms with van der Waals surface area (Å²) in [7, 11) is -0.160. The lowest BCUT2D eigenvalue weighted by molar-refractivity contribution is -0.123. The quantitative estimate of drug-likeness (QED) is 0.747. The van der Waals surface area contributed by atoms with Gasteiger partial charge in [0.1, 0.15) is 5.82 Å². The van der Waals surface area contributed by atoms with E-state index in [0.717, 1.165) is 0 Å². The van der Waals surface area contributed by atoms with Crippen LogP contribution in [-0.2, 0) is 21.9 Å². The highest BCUT2D eigenvalue weighted by atomic mass is 32.2. The first kappa shape index (κ1) is 19.0. The summed E-state index contributed by atoms with van der Waals surface area (Å²) in [6.07, 6.45) is 3.51. The van der Waals surface area contributed by atoms with Crippen LogP contribution in [0.5, 0.6) is 0 Å². The molecule has 0 N–H and O–H groups in total. The highest BCUT2D eigenvalue weighted by Gasteiger charge is 2.50. The van der Waals surface area contributed by atoms with Crippen LogP contribution in [-0.4, -0.2) is 71.8 Å². The van der Waals surface area contributed by atoms with Gasteiger partial charge in [0.25, 0.3) is 10.0 Å². The molecule has 0 radical (unpaired) electrons. The number of aryl methyl sites for hydroxylation is 1. The second-order valence-corrected chi connectivity index (χ2v) is 9.39. The summed E-state index contributed by atoms with van der Waals surface area (Å²) in [6, 6.07) is 5.91. The molecular formula is C18H22FN5O3S. The van der Waals surface area contributed by atoms with Gasteiger partial charge in [0, 0.05) is 38.6 Å². The molecule has 1 spiro atoms. The maximum absolute atomic E-state index is 13.7. The van der Waals surface area contributed by atoms with Gasteiger partial charge in [-0.25, -0.2) is 17.8 Å². The van der Waals surface area contributed by atoms with Crippen molar-refractivity contribution in [2.45, 2.75) is 17.0 Å². The van der Waals surface area contributed by atoms with Gasteiger partial charge in [-0.1, -0.05) is 6.07 Å². The molecule has 0 bridgehead atoms. The van der Waals surface area contributed by atoms with Crippen LogP contribution in [0.2, 0.25) is 0 Å². The average Bonchev–Trinajstić information content (AvgIpc) is 3.26. The molecule has 2 saturated heterocycles. The van der Waals surface area contributed by atoms with Gasteiger partial charge < -0.3 is 9.47 Å². The predicted octanol–water partition coefficient (Wildman–Crippen LogP) is 0.671. The number of imidazole rings is 1. The number of carbonyl (C=O) groups excluding carboxylic acids is 1. The number of hydrogen-bond donors (Lipinski definition) is 0. The third-order valence-electron chi connectivity index (χ3n) is 5.64. The zero-order chi connectivity index (χ0) is 20.1. The van der Waals surface area contributed by atoms with Crippen molar-refractivity contribution < 1.29 is 17.6 Å². The van der Waals surface area contributed by atoms with Gasteiger partial charge in [-0.2, -0.15) is 4.31 Å². The van der Waals surface area contributed by atoms with Crippen molar-refractivity contribution in [3.05, 3.63) is 42.6 Å². The average molecular weight is 407 g/mol. The lowest BCUT2D eigenvalue weighted by atomic mass is 9.92. The van der Waals surface area contributed by atoms with E-state index in [4.69, 9.17) is 0 Å². The Bertz CT molecular complexity index is 1020. The molecule has 10 heteroatoms. The first-order chi connectivity index (χ1) is 13.2. The fraction of sp³-hybridized carbons (Fsp3) is 0.444. The van der Waals surface area contributed by atoms with Crippen LogP contribution in [0.1, 0.15) is 6.42 Å². The maximum Gasteiger partial charge on any atom is 0.262 e. The summed E-state index contributed by atoms with van der Waals surface area (Å²) < 4.78 is 42.6. The van der Waals surface area contributed by atoms with Crippen LogP contribution in [0, 0.1) is 5.82 Å². The van der Waals surface area contributed by atoms with Crippen molar-refractivity contribution in [1.29, 1.82) is 0 Å². The van der Waals surface area contributed by atoms with E-state index in [0.29, 0.717) is 25.2 Å². The minimum absolute atomic E-state index is 0.0172. The van der Waals surface area contributed by atoms with Crippen LogP contribution in [0.3, 0.4) is 0 Å². The monoisotopic (exact) mass is 407 g/mol. The number of amides is 1. The van der Waals surface area contributed by atoms with E-state index < -0.39 is 21.4 Å². The highest BCUT2D eigenvalue weighted by molar-refractivity contribution is 7.89. The first-order valence-corrected chi connectivity index (χ1v) is 10.4. The standard InChI is InChI=1S/C18H22FN5O3S/c1-21-9-16(20-13-21)28(26,27)23-7-6-18(11-23)12-24(17(25)10-22(18)2)15-5-3-4-14(19)8-15/h3-5,8-9,13H,6-7,10-12H2,1-2H3/t18-/m0/s1. The third kappa shape index (κ3) is 3.11. The van der Waals surface area contributed by atoms with Gasteiger partial charge in [-0.05, 0) is 31.7 Å². The number of likely N-dealkylation sites (N-methyl/N-ethyl adjacent to an activating group) is 1. The summed E-state index contributed by atoms with van der Waals surface area (Å²) in [5.41, 5.74) is -0.0364. The van der Waals surface area contributed by atoms with Crippen molar-refractivity contribution >= 4 is 21.6 Å². The Hall–Kier alpha value is -2.30. The van der Waals surface area contributed by atoms with Gasteiger partial charge >= 0.3 is 0 Å². The van der Waals surface area contributed by atoms with E-state index in [1.165, 1.54) is 29.0 Å². The van der Waals surface area contributed by atoms with Crippen molar-refractivity contribution in [2.75, 3.05) is 38.1 Å². The summed E-state index contributed by atoms with van der Waals surface area (Å²) >= 11 is 0. The number of nitrogens with zero attached hydrogens (tertiary/aromatic N) is 5. The largest absolute Gasteiger partial charge is 0.339 e. The van der Waals surface area contributed by atoms with Gasteiger partial charge in [0.15, 0.2) is 5.03 Å². The fourth-order valence-corrected chi connectivity index (χ4v) is 5.44. The predicted molar refractivity (Wildman–Crippen MR) is 101 cm³/mol. The van der Waals surface area contributed by atoms with Crippen LogP contribution in [0.15, 0.2) is 41.8 Å². The minimum atomic E-state index is -3.71. The zero-order valence-corrected chi connectivity index (χ0v) is 16.6. The molecule has 2 aromatic rings. The Kier molecular flexibility index (Phi) is 4.52. The van der Waals surface area contributed by atoms with Crippen molar-refractivity contribution in [3.63, 3.8) is 0 Å². The number of piperazine rings is 1. The van der Waals surface area contributed by atoms with Crippen LogP contribution >= 0.6 is 0 Å². The first-order valence-electron chi connectivity index (χ1n) is 8.97. The number of aromatic nitrogens is 2. The maximum atomic E-state index is 13.7. The van der Waals surface area contributed by atoms with Crippen LogP contribution < -0.4 is 4.90 Å². The molecule has 0 saturated carbocycles. The third-order valence-corrected chi connectivity index (χ3v) is 7.37. The Morgan fingerprint density at radius 1 is 1.21 bits per heavy atom. The number of hydrogen-bond acceptors (Lipinski definition) is 5. The normalized spacial score (nSPS) is 24.4. The molecule has 28 heavy (non-hydrogen) atoms. The molecule has 2 aliphatic rings. The van der Waals surface area contributed by atoms with E-state index in [9.17, 15) is 17.6 Å². The van der Waals surface area contributed by atoms with E-state index in [-0.39, 0.29) is 24.0 Å². The lowest BCUT2D eigenvalue weighted by Crippen LogP contribution is -2.64. The topological polar surface area (TPSA) is 78.8 Å². The molecule has 3 heterocycles. The molecule has 0 unspecified atom stereocenters. The smallest absolute Gasteiger partial charge is 0.262 e. The number of rotatable bonds is 3. The van der Waals surface area contributed by atoms with E-state index >= 15 is 0 Å². The molecule has 2 aliphatic heterocycles. The van der Waals surface area contributed by atoms with Crippen molar-refractivity contribution in [1.82, 2.24) is 18.8 Å². The SMILES string of the molecule is CN1CC(=O)N(c2cccc(F)c2)C[C@@]12CCN(S(=O)(=O)c1cn(C)cn1)C2. The Labute approximate surface area is 163 Å². The van der Waals surface area contributed by atoms with E-state index in [1.807, 2.05) is 11.9 Å². The number of sulfonamides is 1. The second-order valence-electron chi connectivity index (χ2n) is 7.51. The number of anilines is 1. The summed E-state index contributed by atoms with van der Waals surface area (Å²) in [5.74, 6) is -0.547. The number of benzene rings is 1. The van der Waals surface area contributed by atoms with Gasteiger partial charge in [0.2, 0.25) is 5.91 Å². The Morgan fingerprint density at radius 3 is 2.68 bits per heavy atom. The molecule has 1 amide bonds. The summed E-state index contributed by atoms with van der Waals surface area (Å²) in [5, 5.41) is 0.0172. The molecule has 150 valence electrons.